The van der Waals surface area contributed by atoms with Gasteiger partial charge < -0.3 is 10.1 Å². The molecule has 0 unspecified atom stereocenters. The Morgan fingerprint density at radius 3 is 2.20 bits per heavy atom. The van der Waals surface area contributed by atoms with E-state index in [1.165, 1.54) is 24.8 Å². The van der Waals surface area contributed by atoms with Gasteiger partial charge >= 0.3 is 6.18 Å². The average Bonchev–Trinajstić information content (AvgIpc) is 2.71. The van der Waals surface area contributed by atoms with Gasteiger partial charge in [0.2, 0.25) is 11.8 Å². The van der Waals surface area contributed by atoms with Crippen molar-refractivity contribution in [1.29, 1.82) is 0 Å². The minimum absolute atomic E-state index is 0.0854. The fourth-order valence-electron chi connectivity index (χ4n) is 3.07. The first kappa shape index (κ1) is 24.0. The Balaban J connectivity index is 2.01. The highest BCUT2D eigenvalue weighted by atomic mass is 19.4. The molecule has 0 spiro atoms. The fraction of sp³-hybridized carbons (Fsp3) is 0.565. The van der Waals surface area contributed by atoms with Gasteiger partial charge in [-0.2, -0.15) is 18.2 Å². The second-order valence-electron chi connectivity index (χ2n) is 7.45. The fourth-order valence-corrected chi connectivity index (χ4v) is 3.07. The number of ether oxygens (including phenoxy) is 1. The molecule has 1 N–H and O–H groups in total. The van der Waals surface area contributed by atoms with E-state index in [1.807, 2.05) is 24.3 Å². The van der Waals surface area contributed by atoms with Crippen molar-refractivity contribution >= 4 is 11.6 Å². The number of benzene rings is 1. The molecule has 0 saturated heterocycles. The van der Waals surface area contributed by atoms with Crippen LogP contribution in [0.15, 0.2) is 30.5 Å². The third kappa shape index (κ3) is 8.20. The Morgan fingerprint density at radius 1 is 0.900 bits per heavy atom. The summed E-state index contributed by atoms with van der Waals surface area (Å²) in [7, 11) is 0. The lowest BCUT2D eigenvalue weighted by Crippen LogP contribution is -2.13. The minimum atomic E-state index is -4.56. The topological polar surface area (TPSA) is 47.0 Å². The van der Waals surface area contributed by atoms with Crippen LogP contribution in [0.4, 0.5) is 24.8 Å². The maximum Gasteiger partial charge on any atom is 0.423 e. The van der Waals surface area contributed by atoms with Crippen LogP contribution >= 0.6 is 0 Å². The summed E-state index contributed by atoms with van der Waals surface area (Å²) in [5, 5.41) is 2.97. The predicted octanol–water partition coefficient (Wildman–Crippen LogP) is 7.32. The van der Waals surface area contributed by atoms with Gasteiger partial charge in [-0.05, 0) is 37.0 Å². The zero-order chi connectivity index (χ0) is 21.8. The number of aryl methyl sites for hydroxylation is 1. The number of aromatic nitrogens is 2. The number of alkyl halides is 3. The summed E-state index contributed by atoms with van der Waals surface area (Å²) in [5.41, 5.74) is 1.01. The molecule has 1 aromatic heterocycles. The van der Waals surface area contributed by atoms with Gasteiger partial charge in [0.15, 0.2) is 0 Å². The third-order valence-electron chi connectivity index (χ3n) is 4.82. The summed E-state index contributed by atoms with van der Waals surface area (Å²) in [6.45, 7) is 4.46. The van der Waals surface area contributed by atoms with Crippen molar-refractivity contribution in [2.45, 2.75) is 77.8 Å². The molecule has 166 valence electrons. The van der Waals surface area contributed by atoms with Gasteiger partial charge in [-0.25, -0.2) is 4.98 Å². The molecule has 0 aliphatic carbocycles. The number of rotatable bonds is 13. The minimum Gasteiger partial charge on any atom is -0.477 e. The molecule has 0 aliphatic heterocycles. The van der Waals surface area contributed by atoms with Gasteiger partial charge in [-0.3, -0.25) is 0 Å². The van der Waals surface area contributed by atoms with E-state index in [9.17, 15) is 13.2 Å². The molecule has 1 aromatic carbocycles. The van der Waals surface area contributed by atoms with Crippen LogP contribution in [-0.2, 0) is 12.6 Å². The standard InChI is InChI=1S/C23H32F3N3O/c1-3-5-7-9-11-18-12-14-19(15-13-18)28-22-27-17-20(23(24,25)26)21(29-22)30-16-10-8-6-4-2/h12-15,17H,3-11,16H2,1-2H3,(H,27,28,29). The largest absolute Gasteiger partial charge is 0.477 e. The quantitative estimate of drug-likeness (QED) is 0.343. The summed E-state index contributed by atoms with van der Waals surface area (Å²) < 4.78 is 45.1. The van der Waals surface area contributed by atoms with E-state index in [2.05, 4.69) is 29.1 Å². The second kappa shape index (κ2) is 12.4. The highest BCUT2D eigenvalue weighted by Crippen LogP contribution is 2.35. The smallest absolute Gasteiger partial charge is 0.423 e. The van der Waals surface area contributed by atoms with Gasteiger partial charge in [-0.15, -0.1) is 0 Å². The van der Waals surface area contributed by atoms with Crippen LogP contribution in [0.25, 0.3) is 0 Å². The highest BCUT2D eigenvalue weighted by molar-refractivity contribution is 5.54. The molecule has 0 fully saturated rings. The zero-order valence-electron chi connectivity index (χ0n) is 17.9. The summed E-state index contributed by atoms with van der Waals surface area (Å²) in [6, 6.07) is 7.82. The molecule has 0 aliphatic rings. The van der Waals surface area contributed by atoms with Crippen molar-refractivity contribution in [1.82, 2.24) is 9.97 Å². The molecule has 0 saturated carbocycles. The summed E-state index contributed by atoms with van der Waals surface area (Å²) in [4.78, 5) is 7.81. The molecule has 2 aromatic rings. The normalized spacial score (nSPS) is 11.5. The first-order valence-electron chi connectivity index (χ1n) is 10.9. The van der Waals surface area contributed by atoms with Crippen molar-refractivity contribution in [3.63, 3.8) is 0 Å². The average molecular weight is 424 g/mol. The van der Waals surface area contributed by atoms with Crippen LogP contribution in [0.3, 0.4) is 0 Å². The van der Waals surface area contributed by atoms with E-state index in [4.69, 9.17) is 4.74 Å². The van der Waals surface area contributed by atoms with Crippen molar-refractivity contribution in [2.24, 2.45) is 0 Å². The third-order valence-corrected chi connectivity index (χ3v) is 4.82. The van der Waals surface area contributed by atoms with Crippen LogP contribution in [0, 0.1) is 0 Å². The first-order valence-corrected chi connectivity index (χ1v) is 10.9. The first-order chi connectivity index (χ1) is 14.4. The van der Waals surface area contributed by atoms with Crippen LogP contribution < -0.4 is 10.1 Å². The van der Waals surface area contributed by atoms with Gasteiger partial charge in [-0.1, -0.05) is 64.5 Å². The highest BCUT2D eigenvalue weighted by Gasteiger charge is 2.36. The Hall–Kier alpha value is -2.31. The Kier molecular flexibility index (Phi) is 9.91. The van der Waals surface area contributed by atoms with E-state index in [1.54, 1.807) is 0 Å². The lowest BCUT2D eigenvalue weighted by molar-refractivity contribution is -0.139. The zero-order valence-corrected chi connectivity index (χ0v) is 17.9. The summed E-state index contributed by atoms with van der Waals surface area (Å²) >= 11 is 0. The number of nitrogens with one attached hydrogen (secondary N) is 1. The summed E-state index contributed by atoms with van der Waals surface area (Å²) in [6.07, 6.45) is 5.75. The van der Waals surface area contributed by atoms with Crippen molar-refractivity contribution in [3.05, 3.63) is 41.6 Å². The van der Waals surface area contributed by atoms with E-state index in [0.717, 1.165) is 44.0 Å². The Labute approximate surface area is 177 Å². The monoisotopic (exact) mass is 423 g/mol. The number of halogens is 3. The van der Waals surface area contributed by atoms with E-state index >= 15 is 0 Å². The van der Waals surface area contributed by atoms with Crippen molar-refractivity contribution < 1.29 is 17.9 Å². The maximum absolute atomic E-state index is 13.3. The Bertz CT molecular complexity index is 748. The molecule has 0 radical (unpaired) electrons. The van der Waals surface area contributed by atoms with Crippen LogP contribution in [0.2, 0.25) is 0 Å². The lowest BCUT2D eigenvalue weighted by atomic mass is 10.1. The van der Waals surface area contributed by atoms with Crippen LogP contribution in [-0.4, -0.2) is 16.6 Å². The van der Waals surface area contributed by atoms with Gasteiger partial charge in [0, 0.05) is 11.9 Å². The summed E-state index contributed by atoms with van der Waals surface area (Å²) in [5.74, 6) is -0.341. The van der Waals surface area contributed by atoms with E-state index < -0.39 is 17.6 Å². The molecular weight excluding hydrogens is 391 g/mol. The van der Waals surface area contributed by atoms with Crippen LogP contribution in [0.5, 0.6) is 5.88 Å². The number of nitrogens with zero attached hydrogens (tertiary/aromatic N) is 2. The molecular formula is C23H32F3N3O. The number of hydrogen-bond acceptors (Lipinski definition) is 4. The molecule has 7 heteroatoms. The number of unbranched alkanes of at least 4 members (excludes halogenated alkanes) is 6. The van der Waals surface area contributed by atoms with Crippen LogP contribution in [0.1, 0.15) is 76.3 Å². The molecule has 0 amide bonds. The van der Waals surface area contributed by atoms with E-state index in [0.29, 0.717) is 6.42 Å². The van der Waals surface area contributed by atoms with Crippen molar-refractivity contribution in [2.75, 3.05) is 11.9 Å². The number of hydrogen-bond donors (Lipinski definition) is 1. The molecule has 4 nitrogen and oxygen atoms in total. The van der Waals surface area contributed by atoms with Crippen molar-refractivity contribution in [3.8, 4) is 5.88 Å². The van der Waals surface area contributed by atoms with Gasteiger partial charge in [0.25, 0.3) is 0 Å². The van der Waals surface area contributed by atoms with Gasteiger partial charge in [0.05, 0.1) is 6.61 Å². The molecule has 0 bridgehead atoms. The molecule has 30 heavy (non-hydrogen) atoms. The van der Waals surface area contributed by atoms with E-state index in [-0.39, 0.29) is 12.6 Å². The Morgan fingerprint density at radius 2 is 1.57 bits per heavy atom. The lowest BCUT2D eigenvalue weighted by Gasteiger charge is -2.14. The second-order valence-corrected chi connectivity index (χ2v) is 7.45. The maximum atomic E-state index is 13.3. The molecule has 1 heterocycles. The molecule has 2 rings (SSSR count). The number of anilines is 2. The molecule has 0 atom stereocenters. The SMILES string of the molecule is CCCCCCOc1nc(Nc2ccc(CCCCCC)cc2)ncc1C(F)(F)F. The predicted molar refractivity (Wildman–Crippen MR) is 114 cm³/mol. The van der Waals surface area contributed by atoms with Gasteiger partial charge in [0.1, 0.15) is 5.56 Å².